The fraction of sp³-hybridized carbons (Fsp3) is 0.786. The van der Waals surface area contributed by atoms with Crippen molar-refractivity contribution in [2.75, 3.05) is 13.2 Å². The minimum atomic E-state index is -3.41. The fourth-order valence-electron chi connectivity index (χ4n) is 2.60. The van der Waals surface area contributed by atoms with E-state index in [4.69, 9.17) is 4.74 Å². The molecule has 1 aromatic heterocycles. The van der Waals surface area contributed by atoms with Crippen LogP contribution in [0.15, 0.2) is 10.4 Å². The minimum Gasteiger partial charge on any atom is -0.379 e. The van der Waals surface area contributed by atoms with Crippen LogP contribution in [0, 0.1) is 6.92 Å². The summed E-state index contributed by atoms with van der Waals surface area (Å²) in [6, 6.07) is 0.0462. The predicted molar refractivity (Wildman–Crippen MR) is 84.1 cm³/mol. The molecule has 1 saturated heterocycles. The summed E-state index contributed by atoms with van der Waals surface area (Å²) in [7, 11) is -3.41. The maximum Gasteiger partial charge on any atom is 0.254 e. The zero-order chi connectivity index (χ0) is 15.5. The largest absolute Gasteiger partial charge is 0.379 e. The van der Waals surface area contributed by atoms with Crippen LogP contribution in [0.1, 0.15) is 44.5 Å². The van der Waals surface area contributed by atoms with Gasteiger partial charge in [-0.2, -0.15) is 4.31 Å². The van der Waals surface area contributed by atoms with Crippen LogP contribution in [0.25, 0.3) is 0 Å². The summed E-state index contributed by atoms with van der Waals surface area (Å²) in [5.74, 6) is 0. The normalized spacial score (nSPS) is 21.0. The van der Waals surface area contributed by atoms with E-state index in [2.05, 4.69) is 4.98 Å². The van der Waals surface area contributed by atoms with Gasteiger partial charge in [-0.3, -0.25) is 0 Å². The van der Waals surface area contributed by atoms with E-state index < -0.39 is 10.0 Å². The SMILES string of the molecule is Cc1ncc(S(=O)(=O)N2CCCC[C@@H]2CCOC(C)C)s1. The molecule has 1 fully saturated rings. The van der Waals surface area contributed by atoms with Crippen molar-refractivity contribution in [1.82, 2.24) is 9.29 Å². The second kappa shape index (κ2) is 7.17. The predicted octanol–water partition coefficient (Wildman–Crippen LogP) is 2.81. The number of hydrogen-bond acceptors (Lipinski definition) is 5. The van der Waals surface area contributed by atoms with Crippen LogP contribution >= 0.6 is 11.3 Å². The van der Waals surface area contributed by atoms with E-state index in [1.807, 2.05) is 20.8 Å². The molecule has 1 aliphatic rings. The molecule has 21 heavy (non-hydrogen) atoms. The first-order chi connectivity index (χ1) is 9.91. The molecule has 0 spiro atoms. The highest BCUT2D eigenvalue weighted by Crippen LogP contribution is 2.29. The van der Waals surface area contributed by atoms with E-state index >= 15 is 0 Å². The monoisotopic (exact) mass is 332 g/mol. The topological polar surface area (TPSA) is 59.5 Å². The van der Waals surface area contributed by atoms with E-state index in [1.165, 1.54) is 17.5 Å². The zero-order valence-electron chi connectivity index (χ0n) is 12.9. The Bertz CT molecular complexity index is 554. The molecule has 0 saturated carbocycles. The Balaban J connectivity index is 2.10. The molecule has 120 valence electrons. The molecule has 0 aliphatic carbocycles. The Kier molecular flexibility index (Phi) is 5.76. The lowest BCUT2D eigenvalue weighted by molar-refractivity contribution is 0.0620. The second-order valence-corrected chi connectivity index (χ2v) is 9.02. The Morgan fingerprint density at radius 1 is 1.48 bits per heavy atom. The first kappa shape index (κ1) is 16.9. The third kappa shape index (κ3) is 4.25. The van der Waals surface area contributed by atoms with Crippen LogP contribution in [-0.4, -0.2) is 43.0 Å². The molecule has 0 bridgehead atoms. The first-order valence-corrected chi connectivity index (χ1v) is 9.73. The molecule has 2 rings (SSSR count). The summed E-state index contributed by atoms with van der Waals surface area (Å²) < 4.78 is 33.1. The lowest BCUT2D eigenvalue weighted by Crippen LogP contribution is -2.44. The quantitative estimate of drug-likeness (QED) is 0.804. The summed E-state index contributed by atoms with van der Waals surface area (Å²) in [4.78, 5) is 4.08. The molecular weight excluding hydrogens is 308 g/mol. The molecule has 7 heteroatoms. The summed E-state index contributed by atoms with van der Waals surface area (Å²) in [5.41, 5.74) is 0. The van der Waals surface area contributed by atoms with Gasteiger partial charge in [0.25, 0.3) is 10.0 Å². The van der Waals surface area contributed by atoms with Crippen molar-refractivity contribution in [3.8, 4) is 0 Å². The lowest BCUT2D eigenvalue weighted by Gasteiger charge is -2.34. The smallest absolute Gasteiger partial charge is 0.254 e. The molecule has 0 N–H and O–H groups in total. The molecule has 5 nitrogen and oxygen atoms in total. The maximum absolute atomic E-state index is 12.8. The molecule has 1 aliphatic heterocycles. The number of thiazole rings is 1. The number of aromatic nitrogens is 1. The van der Waals surface area contributed by atoms with Crippen LogP contribution < -0.4 is 0 Å². The molecule has 2 heterocycles. The van der Waals surface area contributed by atoms with Crippen molar-refractivity contribution in [3.63, 3.8) is 0 Å². The van der Waals surface area contributed by atoms with Gasteiger partial charge in [0.05, 0.1) is 17.3 Å². The average Bonchev–Trinajstić information content (AvgIpc) is 2.86. The third-order valence-electron chi connectivity index (χ3n) is 3.64. The van der Waals surface area contributed by atoms with Crippen LogP contribution in [0.4, 0.5) is 0 Å². The van der Waals surface area contributed by atoms with Gasteiger partial charge >= 0.3 is 0 Å². The van der Waals surface area contributed by atoms with Crippen molar-refractivity contribution < 1.29 is 13.2 Å². The summed E-state index contributed by atoms with van der Waals surface area (Å²) in [6.45, 7) is 7.03. The fourth-order valence-corrected chi connectivity index (χ4v) is 5.56. The summed E-state index contributed by atoms with van der Waals surface area (Å²) in [5, 5.41) is 0.783. The van der Waals surface area contributed by atoms with Crippen LogP contribution in [0.5, 0.6) is 0 Å². The van der Waals surface area contributed by atoms with Crippen molar-refractivity contribution >= 4 is 21.4 Å². The van der Waals surface area contributed by atoms with Gasteiger partial charge in [-0.25, -0.2) is 13.4 Å². The summed E-state index contributed by atoms with van der Waals surface area (Å²) >= 11 is 1.25. The minimum absolute atomic E-state index is 0.0462. The Hall–Kier alpha value is -0.500. The summed E-state index contributed by atoms with van der Waals surface area (Å²) in [6.07, 6.45) is 5.35. The molecule has 1 atom stereocenters. The van der Waals surface area contributed by atoms with Crippen molar-refractivity contribution in [1.29, 1.82) is 0 Å². The standard InChI is InChI=1S/C14H24N2O3S2/c1-11(2)19-9-7-13-6-4-5-8-16(13)21(17,18)14-10-15-12(3)20-14/h10-11,13H,4-9H2,1-3H3/t13-/m1/s1. The third-order valence-corrected chi connectivity index (χ3v) is 6.94. The van der Waals surface area contributed by atoms with Gasteiger partial charge in [0, 0.05) is 19.2 Å². The molecule has 1 aromatic rings. The Labute approximate surface area is 131 Å². The van der Waals surface area contributed by atoms with Gasteiger partial charge in [0.2, 0.25) is 0 Å². The number of rotatable bonds is 6. The molecule has 0 unspecified atom stereocenters. The zero-order valence-corrected chi connectivity index (χ0v) is 14.5. The van der Waals surface area contributed by atoms with Crippen LogP contribution in [0.3, 0.4) is 0 Å². The number of piperidine rings is 1. The highest BCUT2D eigenvalue weighted by molar-refractivity contribution is 7.91. The molecule has 0 aromatic carbocycles. The lowest BCUT2D eigenvalue weighted by atomic mass is 10.0. The van der Waals surface area contributed by atoms with E-state index in [0.717, 1.165) is 30.7 Å². The maximum atomic E-state index is 12.8. The van der Waals surface area contributed by atoms with Gasteiger partial charge in [0.1, 0.15) is 0 Å². The van der Waals surface area contributed by atoms with Crippen LogP contribution in [0.2, 0.25) is 0 Å². The number of ether oxygens (including phenoxy) is 1. The van der Waals surface area contributed by atoms with E-state index in [-0.39, 0.29) is 12.1 Å². The number of hydrogen-bond donors (Lipinski definition) is 0. The van der Waals surface area contributed by atoms with E-state index in [0.29, 0.717) is 17.4 Å². The first-order valence-electron chi connectivity index (χ1n) is 7.47. The van der Waals surface area contributed by atoms with Gasteiger partial charge in [-0.15, -0.1) is 11.3 Å². The van der Waals surface area contributed by atoms with Gasteiger partial charge < -0.3 is 4.74 Å². The second-order valence-electron chi connectivity index (χ2n) is 5.67. The van der Waals surface area contributed by atoms with Crippen LogP contribution in [-0.2, 0) is 14.8 Å². The average molecular weight is 332 g/mol. The van der Waals surface area contributed by atoms with Crippen molar-refractivity contribution in [3.05, 3.63) is 11.2 Å². The molecular formula is C14H24N2O3S2. The van der Waals surface area contributed by atoms with Gasteiger partial charge in [-0.1, -0.05) is 6.42 Å². The highest BCUT2D eigenvalue weighted by Gasteiger charge is 2.34. The highest BCUT2D eigenvalue weighted by atomic mass is 32.2. The van der Waals surface area contributed by atoms with Crippen molar-refractivity contribution in [2.45, 2.75) is 62.8 Å². The number of nitrogens with zero attached hydrogens (tertiary/aromatic N) is 2. The molecule has 0 radical (unpaired) electrons. The van der Waals surface area contributed by atoms with Gasteiger partial charge in [-0.05, 0) is 40.0 Å². The number of sulfonamides is 1. The Morgan fingerprint density at radius 3 is 2.86 bits per heavy atom. The van der Waals surface area contributed by atoms with Gasteiger partial charge in [0.15, 0.2) is 4.21 Å². The van der Waals surface area contributed by atoms with E-state index in [1.54, 1.807) is 4.31 Å². The Morgan fingerprint density at radius 2 is 2.24 bits per heavy atom. The van der Waals surface area contributed by atoms with Crippen molar-refractivity contribution in [2.24, 2.45) is 0 Å². The number of aryl methyl sites for hydroxylation is 1. The van der Waals surface area contributed by atoms with E-state index in [9.17, 15) is 8.42 Å². The molecule has 0 amide bonds.